The molecule has 6 nitrogen and oxygen atoms in total. The van der Waals surface area contributed by atoms with E-state index in [-0.39, 0.29) is 11.7 Å². The summed E-state index contributed by atoms with van der Waals surface area (Å²) in [6.45, 7) is 2.34. The zero-order valence-electron chi connectivity index (χ0n) is 13.2. The number of fused-ring (bicyclic) bond motifs is 1. The van der Waals surface area contributed by atoms with E-state index in [1.165, 1.54) is 6.92 Å². The lowest BCUT2D eigenvalue weighted by Gasteiger charge is -2.29. The van der Waals surface area contributed by atoms with Gasteiger partial charge in [-0.1, -0.05) is 30.3 Å². The number of hydrogen-bond donors (Lipinski definition) is 1. The highest BCUT2D eigenvalue weighted by Gasteiger charge is 2.22. The van der Waals surface area contributed by atoms with Crippen LogP contribution in [0.15, 0.2) is 48.5 Å². The Labute approximate surface area is 141 Å². The zero-order valence-corrected chi connectivity index (χ0v) is 14.0. The molecule has 2 aromatic carbocycles. The molecule has 3 rings (SSSR count). The van der Waals surface area contributed by atoms with Crippen LogP contribution in [0.4, 0.5) is 11.4 Å². The number of amides is 1. The van der Waals surface area contributed by atoms with Crippen LogP contribution in [-0.4, -0.2) is 27.5 Å². The summed E-state index contributed by atoms with van der Waals surface area (Å²) in [5.74, 6) is 0.351. The number of carbonyl (C=O) groups is 1. The van der Waals surface area contributed by atoms with Crippen molar-refractivity contribution in [2.45, 2.75) is 12.7 Å². The first-order valence-corrected chi connectivity index (χ1v) is 9.19. The Morgan fingerprint density at radius 1 is 1.21 bits per heavy atom. The van der Waals surface area contributed by atoms with E-state index in [1.54, 1.807) is 47.4 Å². The maximum Gasteiger partial charge on any atom is 0.236 e. The Balaban J connectivity index is 1.83. The SMILES string of the molecule is CC(=O)N1CCOc2ccc(NS(=O)(=O)Cc3ccccc3)cc21. The van der Waals surface area contributed by atoms with Gasteiger partial charge >= 0.3 is 0 Å². The monoisotopic (exact) mass is 346 g/mol. The molecule has 1 aliphatic heterocycles. The molecule has 126 valence electrons. The van der Waals surface area contributed by atoms with Gasteiger partial charge in [0.1, 0.15) is 12.4 Å². The molecule has 0 unspecified atom stereocenters. The number of nitrogens with one attached hydrogen (secondary N) is 1. The van der Waals surface area contributed by atoms with Gasteiger partial charge in [-0.25, -0.2) is 8.42 Å². The number of carbonyl (C=O) groups excluding carboxylic acids is 1. The molecule has 2 aromatic rings. The lowest BCUT2D eigenvalue weighted by Crippen LogP contribution is -2.36. The van der Waals surface area contributed by atoms with E-state index < -0.39 is 10.0 Å². The van der Waals surface area contributed by atoms with Crippen LogP contribution in [0.1, 0.15) is 12.5 Å². The molecule has 0 bridgehead atoms. The average Bonchev–Trinajstić information content (AvgIpc) is 2.54. The number of hydrogen-bond acceptors (Lipinski definition) is 4. The third-order valence-electron chi connectivity index (χ3n) is 3.68. The third kappa shape index (κ3) is 3.68. The molecule has 0 aromatic heterocycles. The summed E-state index contributed by atoms with van der Waals surface area (Å²) in [6.07, 6.45) is 0. The van der Waals surface area contributed by atoms with E-state index in [0.29, 0.717) is 35.8 Å². The van der Waals surface area contributed by atoms with Gasteiger partial charge in [-0.15, -0.1) is 0 Å². The molecule has 1 heterocycles. The van der Waals surface area contributed by atoms with Crippen LogP contribution >= 0.6 is 0 Å². The minimum atomic E-state index is -3.55. The number of anilines is 2. The van der Waals surface area contributed by atoms with E-state index in [4.69, 9.17) is 4.74 Å². The summed E-state index contributed by atoms with van der Waals surface area (Å²) in [4.78, 5) is 13.3. The van der Waals surface area contributed by atoms with Crippen molar-refractivity contribution in [3.63, 3.8) is 0 Å². The fourth-order valence-corrected chi connectivity index (χ4v) is 3.81. The maximum atomic E-state index is 12.3. The van der Waals surface area contributed by atoms with Crippen molar-refractivity contribution < 1.29 is 17.9 Å². The lowest BCUT2D eigenvalue weighted by molar-refractivity contribution is -0.116. The van der Waals surface area contributed by atoms with Crippen LogP contribution < -0.4 is 14.4 Å². The predicted molar refractivity (Wildman–Crippen MR) is 92.7 cm³/mol. The standard InChI is InChI=1S/C17H18N2O4S/c1-13(20)19-9-10-23-17-8-7-15(11-16(17)19)18-24(21,22)12-14-5-3-2-4-6-14/h2-8,11,18H,9-10,12H2,1H3. The van der Waals surface area contributed by atoms with Gasteiger partial charge in [0.2, 0.25) is 15.9 Å². The van der Waals surface area contributed by atoms with E-state index in [1.807, 2.05) is 6.07 Å². The first kappa shape index (κ1) is 16.3. The van der Waals surface area contributed by atoms with Crippen LogP contribution in [-0.2, 0) is 20.6 Å². The van der Waals surface area contributed by atoms with Crippen LogP contribution in [0.3, 0.4) is 0 Å². The van der Waals surface area contributed by atoms with E-state index in [2.05, 4.69) is 4.72 Å². The van der Waals surface area contributed by atoms with Gasteiger partial charge in [0.25, 0.3) is 0 Å². The minimum absolute atomic E-state index is 0.108. The van der Waals surface area contributed by atoms with Crippen molar-refractivity contribution in [3.05, 3.63) is 54.1 Å². The molecule has 0 saturated heterocycles. The summed E-state index contributed by atoms with van der Waals surface area (Å²) >= 11 is 0. The van der Waals surface area contributed by atoms with Gasteiger partial charge in [0.05, 0.1) is 23.7 Å². The number of nitrogens with zero attached hydrogens (tertiary/aromatic N) is 1. The summed E-state index contributed by atoms with van der Waals surface area (Å²) < 4.78 is 32.7. The molecule has 0 fully saturated rings. The molecule has 1 amide bonds. The second-order valence-electron chi connectivity index (χ2n) is 5.55. The van der Waals surface area contributed by atoms with Crippen molar-refractivity contribution in [3.8, 4) is 5.75 Å². The molecule has 0 saturated carbocycles. The van der Waals surface area contributed by atoms with Gasteiger partial charge in [-0.2, -0.15) is 0 Å². The first-order valence-electron chi connectivity index (χ1n) is 7.54. The second-order valence-corrected chi connectivity index (χ2v) is 7.27. The number of rotatable bonds is 4. The molecule has 7 heteroatoms. The highest BCUT2D eigenvalue weighted by atomic mass is 32.2. The van der Waals surface area contributed by atoms with Crippen LogP contribution in [0, 0.1) is 0 Å². The predicted octanol–water partition coefficient (Wildman–Crippen LogP) is 2.37. The van der Waals surface area contributed by atoms with Crippen molar-refractivity contribution >= 4 is 27.3 Å². The Morgan fingerprint density at radius 2 is 1.96 bits per heavy atom. The highest BCUT2D eigenvalue weighted by molar-refractivity contribution is 7.91. The smallest absolute Gasteiger partial charge is 0.236 e. The van der Waals surface area contributed by atoms with Gasteiger partial charge in [-0.3, -0.25) is 9.52 Å². The van der Waals surface area contributed by atoms with Gasteiger partial charge in [0, 0.05) is 6.92 Å². The Morgan fingerprint density at radius 3 is 2.67 bits per heavy atom. The summed E-state index contributed by atoms with van der Waals surface area (Å²) in [5, 5.41) is 0. The molecule has 0 aliphatic carbocycles. The summed E-state index contributed by atoms with van der Waals surface area (Å²) in [6, 6.07) is 13.9. The normalized spacial score (nSPS) is 13.8. The second kappa shape index (κ2) is 6.52. The number of benzene rings is 2. The Kier molecular flexibility index (Phi) is 4.44. The first-order chi connectivity index (χ1) is 11.4. The van der Waals surface area contributed by atoms with E-state index >= 15 is 0 Å². The molecule has 24 heavy (non-hydrogen) atoms. The quantitative estimate of drug-likeness (QED) is 0.922. The minimum Gasteiger partial charge on any atom is -0.490 e. The van der Waals surface area contributed by atoms with Crippen molar-refractivity contribution in [1.82, 2.24) is 0 Å². The average molecular weight is 346 g/mol. The van der Waals surface area contributed by atoms with Crippen LogP contribution in [0.25, 0.3) is 0 Å². The fourth-order valence-electron chi connectivity index (χ4n) is 2.62. The Bertz CT molecular complexity index is 850. The molecular formula is C17H18N2O4S. The van der Waals surface area contributed by atoms with Gasteiger partial charge < -0.3 is 9.64 Å². The Hall–Kier alpha value is -2.54. The van der Waals surface area contributed by atoms with Gasteiger partial charge in [0.15, 0.2) is 0 Å². The summed E-state index contributed by atoms with van der Waals surface area (Å²) in [7, 11) is -3.55. The molecule has 1 aliphatic rings. The number of sulfonamides is 1. The van der Waals surface area contributed by atoms with Crippen LogP contribution in [0.2, 0.25) is 0 Å². The number of ether oxygens (including phenoxy) is 1. The summed E-state index contributed by atoms with van der Waals surface area (Å²) in [5.41, 5.74) is 1.69. The van der Waals surface area contributed by atoms with Crippen molar-refractivity contribution in [2.75, 3.05) is 22.8 Å². The molecule has 0 radical (unpaired) electrons. The van der Waals surface area contributed by atoms with Crippen molar-refractivity contribution in [2.24, 2.45) is 0 Å². The highest BCUT2D eigenvalue weighted by Crippen LogP contribution is 2.34. The lowest BCUT2D eigenvalue weighted by atomic mass is 10.2. The van der Waals surface area contributed by atoms with Crippen molar-refractivity contribution in [1.29, 1.82) is 0 Å². The topological polar surface area (TPSA) is 75.7 Å². The zero-order chi connectivity index (χ0) is 17.2. The van der Waals surface area contributed by atoms with Gasteiger partial charge in [-0.05, 0) is 23.8 Å². The maximum absolute atomic E-state index is 12.3. The third-order valence-corrected chi connectivity index (χ3v) is 4.94. The molecule has 0 atom stereocenters. The van der Waals surface area contributed by atoms with E-state index in [0.717, 1.165) is 0 Å². The van der Waals surface area contributed by atoms with E-state index in [9.17, 15) is 13.2 Å². The molecule has 0 spiro atoms. The largest absolute Gasteiger partial charge is 0.490 e. The molecule has 1 N–H and O–H groups in total. The molecular weight excluding hydrogens is 328 g/mol. The van der Waals surface area contributed by atoms with Crippen LogP contribution in [0.5, 0.6) is 5.75 Å². The fraction of sp³-hybridized carbons (Fsp3) is 0.235.